The van der Waals surface area contributed by atoms with E-state index in [1.807, 2.05) is 98.2 Å². The summed E-state index contributed by atoms with van der Waals surface area (Å²) in [5, 5.41) is 2.00. The Bertz CT molecular complexity index is 2220. The smallest absolute Gasteiger partial charge is 0.216 e. The van der Waals surface area contributed by atoms with E-state index in [0.717, 1.165) is 67.0 Å². The number of hydrogen-bond acceptors (Lipinski definition) is 5. The maximum atomic E-state index is 6.29. The van der Waals surface area contributed by atoms with E-state index in [1.165, 1.54) is 0 Å². The molecule has 7 heteroatoms. The number of benzene rings is 3. The van der Waals surface area contributed by atoms with Crippen LogP contribution in [0.1, 0.15) is 32.0 Å². The predicted molar refractivity (Wildman–Crippen MR) is 180 cm³/mol. The zero-order valence-corrected chi connectivity index (χ0v) is 28.3. The molecule has 6 nitrogen and oxygen atoms in total. The number of para-hydroxylation sites is 1. The summed E-state index contributed by atoms with van der Waals surface area (Å²) in [4.78, 5) is 18.4. The van der Waals surface area contributed by atoms with Gasteiger partial charge in [-0.2, -0.15) is 0 Å². The quantitative estimate of drug-likeness (QED) is 0.167. The van der Waals surface area contributed by atoms with E-state index >= 15 is 0 Å². The average Bonchev–Trinajstić information content (AvgIpc) is 3.64. The van der Waals surface area contributed by atoms with Gasteiger partial charge in [0.25, 0.3) is 0 Å². The summed E-state index contributed by atoms with van der Waals surface area (Å²) in [6.07, 6.45) is 5.57. The molecule has 3 aromatic carbocycles. The molecule has 0 aliphatic rings. The van der Waals surface area contributed by atoms with E-state index in [4.69, 9.17) is 9.40 Å². The van der Waals surface area contributed by atoms with Crippen LogP contribution in [0.3, 0.4) is 0 Å². The van der Waals surface area contributed by atoms with Crippen molar-refractivity contribution in [2.75, 3.05) is 0 Å². The fourth-order valence-corrected chi connectivity index (χ4v) is 5.53. The van der Waals surface area contributed by atoms with E-state index < -0.39 is 0 Å². The Hall–Kier alpha value is -4.97. The molecule has 0 amide bonds. The molecule has 0 saturated heterocycles. The third-order valence-corrected chi connectivity index (χ3v) is 7.69. The second-order valence-electron chi connectivity index (χ2n) is 11.9. The molecule has 0 fully saturated rings. The third kappa shape index (κ3) is 5.87. The summed E-state index contributed by atoms with van der Waals surface area (Å²) in [6.45, 7) is 8.57. The van der Waals surface area contributed by atoms with Gasteiger partial charge in [0.15, 0.2) is 0 Å². The Labute approximate surface area is 281 Å². The van der Waals surface area contributed by atoms with Crippen molar-refractivity contribution in [3.05, 3.63) is 139 Å². The van der Waals surface area contributed by atoms with Crippen LogP contribution in [0.5, 0.6) is 0 Å². The molecule has 46 heavy (non-hydrogen) atoms. The summed E-state index contributed by atoms with van der Waals surface area (Å²) in [5.41, 5.74) is 9.06. The molecule has 0 bridgehead atoms. The van der Waals surface area contributed by atoms with Crippen LogP contribution >= 0.6 is 0 Å². The zero-order valence-electron chi connectivity index (χ0n) is 25.9. The maximum Gasteiger partial charge on any atom is 0.216 e. The molecule has 0 aliphatic heterocycles. The molecular formula is C39H31IrN5O-2. The summed E-state index contributed by atoms with van der Waals surface area (Å²) in [7, 11) is 0. The van der Waals surface area contributed by atoms with Gasteiger partial charge >= 0.3 is 0 Å². The molecule has 0 unspecified atom stereocenters. The summed E-state index contributed by atoms with van der Waals surface area (Å²) >= 11 is 0. The number of hydrogen-bond donors (Lipinski definition) is 0. The van der Waals surface area contributed by atoms with E-state index in [2.05, 4.69) is 70.6 Å². The number of aromatic nitrogens is 5. The molecule has 8 rings (SSSR count). The molecule has 0 N–H and O–H groups in total. The van der Waals surface area contributed by atoms with Gasteiger partial charge in [0.2, 0.25) is 5.71 Å². The van der Waals surface area contributed by atoms with E-state index in [-0.39, 0.29) is 25.5 Å². The number of aryl methyl sites for hydroxylation is 1. The molecule has 5 aromatic heterocycles. The van der Waals surface area contributed by atoms with Crippen LogP contribution in [0.4, 0.5) is 0 Å². The molecule has 0 spiro atoms. The first-order valence-electron chi connectivity index (χ1n) is 14.9. The molecule has 0 atom stereocenters. The van der Waals surface area contributed by atoms with Gasteiger partial charge in [0, 0.05) is 54.8 Å². The molecule has 229 valence electrons. The van der Waals surface area contributed by atoms with Crippen LogP contribution in [0.15, 0.2) is 120 Å². The second-order valence-corrected chi connectivity index (χ2v) is 11.9. The van der Waals surface area contributed by atoms with Crippen LogP contribution in [0.2, 0.25) is 0 Å². The standard InChI is InChI=1S/C28H23N4O.C11H8N.Ir/c1-17-13-14-20-19-11-8-12-21(25(19)33-27(20)30-17)26-31-23-16-29-15-22(28(2,3)4)24(23)32(26)18-9-6-5-7-10-18;1-2-6-10(7-3-1)11-8-4-5-9-12-11;/h5-11,13-16H,1-4H3;1-6,8-9H;/q2*-1;. The molecule has 8 aromatic rings. The van der Waals surface area contributed by atoms with Crippen molar-refractivity contribution in [2.24, 2.45) is 0 Å². The molecular weight excluding hydrogens is 747 g/mol. The zero-order chi connectivity index (χ0) is 31.0. The SMILES string of the molecule is Cc1ccc2c(n1)oc1c(-c3nc4cncc(C(C)(C)C)c4n3-c3ccccc3)[c-]ccc12.[Ir].[c-]1ccccc1-c1ccccn1. The van der Waals surface area contributed by atoms with Crippen molar-refractivity contribution in [3.63, 3.8) is 0 Å². The monoisotopic (exact) mass is 778 g/mol. The fraction of sp³-hybridized carbons (Fsp3) is 0.128. The topological polar surface area (TPSA) is 69.6 Å². The second kappa shape index (κ2) is 12.8. The van der Waals surface area contributed by atoms with Crippen LogP contribution in [0.25, 0.3) is 61.4 Å². The Morgan fingerprint density at radius 3 is 2.30 bits per heavy atom. The largest absolute Gasteiger partial charge is 0.486 e. The van der Waals surface area contributed by atoms with E-state index in [0.29, 0.717) is 5.71 Å². The normalized spacial score (nSPS) is 11.3. The maximum absolute atomic E-state index is 6.29. The van der Waals surface area contributed by atoms with Crippen molar-refractivity contribution in [3.8, 4) is 28.3 Å². The number of rotatable bonds is 3. The Balaban J connectivity index is 0.000000241. The third-order valence-electron chi connectivity index (χ3n) is 7.69. The minimum absolute atomic E-state index is 0. The number of pyridine rings is 3. The first-order valence-corrected chi connectivity index (χ1v) is 14.9. The Morgan fingerprint density at radius 2 is 1.57 bits per heavy atom. The number of furan rings is 1. The fourth-order valence-electron chi connectivity index (χ4n) is 5.53. The molecule has 1 radical (unpaired) electrons. The Kier molecular flexibility index (Phi) is 8.63. The van der Waals surface area contributed by atoms with Gasteiger partial charge in [-0.1, -0.05) is 62.1 Å². The minimum atomic E-state index is -0.104. The van der Waals surface area contributed by atoms with Crippen molar-refractivity contribution in [2.45, 2.75) is 33.1 Å². The minimum Gasteiger partial charge on any atom is -0.486 e. The molecule has 5 heterocycles. The summed E-state index contributed by atoms with van der Waals surface area (Å²) in [5.74, 6) is 0.774. The van der Waals surface area contributed by atoms with Gasteiger partial charge in [-0.3, -0.25) is 9.97 Å². The van der Waals surface area contributed by atoms with Crippen LogP contribution < -0.4 is 0 Å². The van der Waals surface area contributed by atoms with Gasteiger partial charge in [0.05, 0.1) is 28.6 Å². The number of imidazole rings is 1. The molecule has 0 saturated carbocycles. The van der Waals surface area contributed by atoms with E-state index in [1.54, 1.807) is 6.20 Å². The molecule has 0 aliphatic carbocycles. The van der Waals surface area contributed by atoms with Crippen molar-refractivity contribution < 1.29 is 24.5 Å². The van der Waals surface area contributed by atoms with Gasteiger partial charge in [-0.05, 0) is 48.4 Å². The first kappa shape index (κ1) is 31.0. The summed E-state index contributed by atoms with van der Waals surface area (Å²) < 4.78 is 8.49. The van der Waals surface area contributed by atoms with Crippen molar-refractivity contribution in [1.82, 2.24) is 24.5 Å². The van der Waals surface area contributed by atoms with Crippen molar-refractivity contribution >= 4 is 33.1 Å². The van der Waals surface area contributed by atoms with Gasteiger partial charge in [-0.15, -0.1) is 54.1 Å². The van der Waals surface area contributed by atoms with E-state index in [9.17, 15) is 0 Å². The first-order chi connectivity index (χ1) is 21.9. The predicted octanol–water partition coefficient (Wildman–Crippen LogP) is 9.33. The van der Waals surface area contributed by atoms with Crippen LogP contribution in [-0.2, 0) is 25.5 Å². The summed E-state index contributed by atoms with van der Waals surface area (Å²) in [6, 6.07) is 38.6. The Morgan fingerprint density at radius 1 is 0.761 bits per heavy atom. The number of nitrogens with zero attached hydrogens (tertiary/aromatic N) is 5. The van der Waals surface area contributed by atoms with Gasteiger partial charge < -0.3 is 14.0 Å². The van der Waals surface area contributed by atoms with Gasteiger partial charge in [-0.25, -0.2) is 4.98 Å². The van der Waals surface area contributed by atoms with Crippen molar-refractivity contribution in [1.29, 1.82) is 0 Å². The van der Waals surface area contributed by atoms with Gasteiger partial charge in [0.1, 0.15) is 0 Å². The number of fused-ring (bicyclic) bond motifs is 4. The average molecular weight is 778 g/mol. The van der Waals surface area contributed by atoms with Crippen LogP contribution in [-0.4, -0.2) is 24.5 Å². The van der Waals surface area contributed by atoms with Crippen LogP contribution in [0, 0.1) is 19.1 Å².